The second-order valence-corrected chi connectivity index (χ2v) is 6.90. The molecule has 0 radical (unpaired) electrons. The summed E-state index contributed by atoms with van der Waals surface area (Å²) in [7, 11) is 0. The Balaban J connectivity index is 0.00000288. The lowest BCUT2D eigenvalue weighted by Crippen LogP contribution is -2.46. The fourth-order valence-corrected chi connectivity index (χ4v) is 2.78. The van der Waals surface area contributed by atoms with Crippen molar-refractivity contribution in [2.24, 2.45) is 0 Å². The number of halogens is 4. The van der Waals surface area contributed by atoms with Crippen molar-refractivity contribution in [2.75, 3.05) is 26.2 Å². The first-order valence-corrected chi connectivity index (χ1v) is 7.94. The van der Waals surface area contributed by atoms with Crippen LogP contribution < -0.4 is 10.1 Å². The zero-order valence-electron chi connectivity index (χ0n) is 14.3. The van der Waals surface area contributed by atoms with Crippen LogP contribution in [0, 0.1) is 0 Å². The maximum absolute atomic E-state index is 13.0. The van der Waals surface area contributed by atoms with Gasteiger partial charge in [0.1, 0.15) is 11.4 Å². The summed E-state index contributed by atoms with van der Waals surface area (Å²) in [4.78, 5) is 1.91. The van der Waals surface area contributed by atoms with E-state index in [9.17, 15) is 13.2 Å². The number of piperazine rings is 1. The molecule has 1 saturated heterocycles. The van der Waals surface area contributed by atoms with Crippen LogP contribution in [0.15, 0.2) is 24.3 Å². The lowest BCUT2D eigenvalue weighted by Gasteiger charge is -2.35. The molecule has 1 N–H and O–H groups in total. The molecule has 1 aliphatic rings. The van der Waals surface area contributed by atoms with Gasteiger partial charge in [0.15, 0.2) is 0 Å². The highest BCUT2D eigenvalue weighted by molar-refractivity contribution is 5.85. The van der Waals surface area contributed by atoms with Crippen molar-refractivity contribution in [1.82, 2.24) is 10.2 Å². The van der Waals surface area contributed by atoms with Gasteiger partial charge in [0.2, 0.25) is 0 Å². The molecule has 0 aromatic heterocycles. The number of hydrogen-bond acceptors (Lipinski definition) is 3. The first-order chi connectivity index (χ1) is 10.6. The lowest BCUT2D eigenvalue weighted by atomic mass is 10.0. The van der Waals surface area contributed by atoms with Crippen molar-refractivity contribution in [3.63, 3.8) is 0 Å². The molecule has 7 heteroatoms. The topological polar surface area (TPSA) is 24.5 Å². The standard InChI is InChI=1S/C17H25F3N2O.ClH/c1-16(2,3)23-14-6-4-13(5-7-14)15(12-17(18,19)20)22-10-8-21-9-11-22;/h4-7,15,21H,8-12H2,1-3H3;1H/t15-;/m1./s1. The number of nitrogens with zero attached hydrogens (tertiary/aromatic N) is 1. The first-order valence-electron chi connectivity index (χ1n) is 7.94. The predicted octanol–water partition coefficient (Wildman–Crippen LogP) is 4.18. The van der Waals surface area contributed by atoms with Crippen LogP contribution in [0.1, 0.15) is 38.8 Å². The van der Waals surface area contributed by atoms with Gasteiger partial charge in [-0.05, 0) is 38.5 Å². The van der Waals surface area contributed by atoms with Crippen LogP contribution in [0.25, 0.3) is 0 Å². The van der Waals surface area contributed by atoms with Gasteiger partial charge in [0.05, 0.1) is 6.42 Å². The summed E-state index contributed by atoms with van der Waals surface area (Å²) in [6.07, 6.45) is -5.01. The summed E-state index contributed by atoms with van der Waals surface area (Å²) in [6, 6.07) is 6.37. The van der Waals surface area contributed by atoms with Crippen LogP contribution in [-0.4, -0.2) is 42.9 Å². The van der Waals surface area contributed by atoms with Crippen molar-refractivity contribution in [3.05, 3.63) is 29.8 Å². The number of hydrogen-bond donors (Lipinski definition) is 1. The third-order valence-corrected chi connectivity index (χ3v) is 3.71. The highest BCUT2D eigenvalue weighted by atomic mass is 35.5. The SMILES string of the molecule is CC(C)(C)Oc1ccc([C@@H](CC(F)(F)F)N2CCNCC2)cc1.Cl. The molecule has 138 valence electrons. The molecule has 24 heavy (non-hydrogen) atoms. The third kappa shape index (κ3) is 6.87. The molecule has 0 aliphatic carbocycles. The van der Waals surface area contributed by atoms with Gasteiger partial charge < -0.3 is 10.1 Å². The summed E-state index contributed by atoms with van der Waals surface area (Å²) in [5, 5.41) is 3.18. The summed E-state index contributed by atoms with van der Waals surface area (Å²) in [6.45, 7) is 8.51. The summed E-state index contributed by atoms with van der Waals surface area (Å²) in [5.41, 5.74) is 0.358. The molecule has 3 nitrogen and oxygen atoms in total. The average Bonchev–Trinajstić information content (AvgIpc) is 2.44. The molecular weight excluding hydrogens is 341 g/mol. The van der Waals surface area contributed by atoms with E-state index in [-0.39, 0.29) is 18.0 Å². The quantitative estimate of drug-likeness (QED) is 0.865. The van der Waals surface area contributed by atoms with Crippen LogP contribution in [0.4, 0.5) is 13.2 Å². The number of ether oxygens (including phenoxy) is 1. The van der Waals surface area contributed by atoms with Crippen LogP contribution in [0.2, 0.25) is 0 Å². The maximum atomic E-state index is 13.0. The third-order valence-electron chi connectivity index (χ3n) is 3.71. The Kier molecular flexibility index (Phi) is 7.38. The largest absolute Gasteiger partial charge is 0.488 e. The zero-order chi connectivity index (χ0) is 17.1. The van der Waals surface area contributed by atoms with Gasteiger partial charge in [-0.3, -0.25) is 4.90 Å². The normalized spacial score (nSPS) is 17.9. The van der Waals surface area contributed by atoms with E-state index >= 15 is 0 Å². The van der Waals surface area contributed by atoms with Crippen LogP contribution in [0.5, 0.6) is 5.75 Å². The van der Waals surface area contributed by atoms with Gasteiger partial charge in [-0.25, -0.2) is 0 Å². The molecule has 0 unspecified atom stereocenters. The molecule has 0 spiro atoms. The van der Waals surface area contributed by atoms with Crippen molar-refractivity contribution < 1.29 is 17.9 Å². The summed E-state index contributed by atoms with van der Waals surface area (Å²) in [5.74, 6) is 0.673. The fraction of sp³-hybridized carbons (Fsp3) is 0.647. The molecule has 1 atom stereocenters. The van der Waals surface area contributed by atoms with E-state index in [0.29, 0.717) is 24.4 Å². The Hall–Kier alpha value is -0.980. The van der Waals surface area contributed by atoms with Gasteiger partial charge in [0.25, 0.3) is 0 Å². The number of rotatable bonds is 4. The van der Waals surface area contributed by atoms with E-state index < -0.39 is 18.6 Å². The second kappa shape index (κ2) is 8.41. The van der Waals surface area contributed by atoms with E-state index in [1.54, 1.807) is 24.3 Å². The monoisotopic (exact) mass is 366 g/mol. The lowest BCUT2D eigenvalue weighted by molar-refractivity contribution is -0.148. The molecule has 1 aromatic carbocycles. The second-order valence-electron chi connectivity index (χ2n) is 6.90. The van der Waals surface area contributed by atoms with Gasteiger partial charge in [-0.2, -0.15) is 13.2 Å². The minimum absolute atomic E-state index is 0. The van der Waals surface area contributed by atoms with Crippen LogP contribution in [-0.2, 0) is 0 Å². The maximum Gasteiger partial charge on any atom is 0.390 e. The average molecular weight is 367 g/mol. The number of nitrogens with one attached hydrogen (secondary N) is 1. The molecule has 1 aromatic rings. The number of alkyl halides is 3. The minimum atomic E-state index is -4.18. The van der Waals surface area contributed by atoms with Crippen molar-refractivity contribution in [2.45, 2.75) is 45.0 Å². The van der Waals surface area contributed by atoms with E-state index in [4.69, 9.17) is 4.74 Å². The zero-order valence-corrected chi connectivity index (χ0v) is 15.1. The molecule has 0 amide bonds. The Morgan fingerprint density at radius 1 is 1.08 bits per heavy atom. The Morgan fingerprint density at radius 2 is 1.62 bits per heavy atom. The summed E-state index contributed by atoms with van der Waals surface area (Å²) < 4.78 is 44.7. The van der Waals surface area contributed by atoms with Gasteiger partial charge in [0, 0.05) is 32.2 Å². The van der Waals surface area contributed by atoms with E-state index in [1.165, 1.54) is 0 Å². The van der Waals surface area contributed by atoms with E-state index in [0.717, 1.165) is 13.1 Å². The fourth-order valence-electron chi connectivity index (χ4n) is 2.78. The van der Waals surface area contributed by atoms with Gasteiger partial charge in [-0.15, -0.1) is 12.4 Å². The van der Waals surface area contributed by atoms with Crippen molar-refractivity contribution in [1.29, 1.82) is 0 Å². The molecule has 0 bridgehead atoms. The van der Waals surface area contributed by atoms with Crippen LogP contribution in [0.3, 0.4) is 0 Å². The highest BCUT2D eigenvalue weighted by Crippen LogP contribution is 2.34. The first kappa shape index (κ1) is 21.1. The number of benzene rings is 1. The summed E-state index contributed by atoms with van der Waals surface area (Å²) >= 11 is 0. The molecule has 1 heterocycles. The molecule has 0 saturated carbocycles. The van der Waals surface area contributed by atoms with Crippen molar-refractivity contribution in [3.8, 4) is 5.75 Å². The van der Waals surface area contributed by atoms with E-state index in [2.05, 4.69) is 5.32 Å². The molecule has 2 rings (SSSR count). The minimum Gasteiger partial charge on any atom is -0.488 e. The van der Waals surface area contributed by atoms with Crippen molar-refractivity contribution >= 4 is 12.4 Å². The van der Waals surface area contributed by atoms with Crippen LogP contribution >= 0.6 is 12.4 Å². The van der Waals surface area contributed by atoms with Gasteiger partial charge in [-0.1, -0.05) is 12.1 Å². The molecular formula is C17H26ClF3N2O. The smallest absolute Gasteiger partial charge is 0.390 e. The predicted molar refractivity (Wildman–Crippen MR) is 91.9 cm³/mol. The molecule has 1 aliphatic heterocycles. The highest BCUT2D eigenvalue weighted by Gasteiger charge is 2.35. The Bertz CT molecular complexity index is 494. The Labute approximate surface area is 148 Å². The molecule has 1 fully saturated rings. The van der Waals surface area contributed by atoms with E-state index in [1.807, 2.05) is 25.7 Å². The van der Waals surface area contributed by atoms with Gasteiger partial charge >= 0.3 is 6.18 Å². The Morgan fingerprint density at radius 3 is 2.08 bits per heavy atom.